The minimum absolute atomic E-state index is 0.0220. The third-order valence-electron chi connectivity index (χ3n) is 13.4. The van der Waals surface area contributed by atoms with Crippen LogP contribution in [0.5, 0.6) is 0 Å². The molecule has 67 heavy (non-hydrogen) atoms. The van der Waals surface area contributed by atoms with E-state index in [0.29, 0.717) is 32.4 Å². The van der Waals surface area contributed by atoms with Crippen LogP contribution in [0.4, 0.5) is 0 Å². The molecule has 11 heteroatoms. The van der Waals surface area contributed by atoms with Gasteiger partial charge in [-0.3, -0.25) is 14.4 Å². The Balaban J connectivity index is 0.790. The molecule has 0 saturated carbocycles. The summed E-state index contributed by atoms with van der Waals surface area (Å²) in [5, 5.41) is 11.9. The van der Waals surface area contributed by atoms with Crippen molar-refractivity contribution in [3.05, 3.63) is 118 Å². The first-order valence-corrected chi connectivity index (χ1v) is 25.1. The highest BCUT2D eigenvalue weighted by Crippen LogP contribution is 2.38. The summed E-state index contributed by atoms with van der Waals surface area (Å²) >= 11 is 1.63. The van der Waals surface area contributed by atoms with Crippen molar-refractivity contribution in [2.75, 3.05) is 20.2 Å². The second-order valence-corrected chi connectivity index (χ2v) is 19.1. The van der Waals surface area contributed by atoms with Gasteiger partial charge < -0.3 is 25.3 Å². The van der Waals surface area contributed by atoms with Crippen molar-refractivity contribution in [3.8, 4) is 0 Å². The summed E-state index contributed by atoms with van der Waals surface area (Å²) in [6, 6.07) is 25.0. The molecule has 0 atom stereocenters. The summed E-state index contributed by atoms with van der Waals surface area (Å²) in [6.45, 7) is 9.72. The zero-order chi connectivity index (χ0) is 46.9. The van der Waals surface area contributed by atoms with Crippen LogP contribution in [0.15, 0.2) is 78.2 Å². The number of ether oxygens (including phenoxy) is 1. The van der Waals surface area contributed by atoms with Crippen LogP contribution in [0.2, 0.25) is 0 Å². The molecule has 0 saturated heterocycles. The predicted molar refractivity (Wildman–Crippen MR) is 277 cm³/mol. The first-order valence-electron chi connectivity index (χ1n) is 24.2. The molecule has 0 spiro atoms. The quantitative estimate of drug-likeness (QED) is 0.0444. The second-order valence-electron chi connectivity index (χ2n) is 18.2. The van der Waals surface area contributed by atoms with Crippen LogP contribution in [0.1, 0.15) is 148 Å². The molecule has 2 aliphatic rings. The Hall–Kier alpha value is -6.33. The number of unbranched alkanes of at least 4 members (excludes halogenated alkanes) is 9. The largest absolute Gasteiger partial charge is 0.469 e. The second kappa shape index (κ2) is 22.0. The standard InChI is InChI=1S/C56H64N6O4S/c1-35-28-41-32-49-37(3)42(51(61-49)34-52-43(21-23-54(64)66-5)38(4)50(62-52)33-48-36(2)29-40(60-48)31-47(35)59-41)20-22-53(63)57-25-16-12-10-8-6-7-9-11-13-17-26-58-56(65)46-30-39-18-14-15-19-44(39)45-24-27-67-55(45)46/h14-15,18-19,24,27-34,59-60H,6-13,16-17,20-23,25-26H2,1-5H3,(H,57,63)(H,58,65). The van der Waals surface area contributed by atoms with E-state index < -0.39 is 0 Å². The van der Waals surface area contributed by atoms with E-state index in [4.69, 9.17) is 14.7 Å². The number of esters is 1. The van der Waals surface area contributed by atoms with Crippen LogP contribution >= 0.6 is 11.3 Å². The number of nitrogens with one attached hydrogen (secondary N) is 4. The number of aromatic amines is 2. The average molecular weight is 917 g/mol. The number of carbonyl (C=O) groups excluding carboxylic acids is 3. The number of aryl methyl sites for hydroxylation is 2. The van der Waals surface area contributed by atoms with E-state index in [-0.39, 0.29) is 24.2 Å². The molecule has 2 aromatic carbocycles. The number of amides is 2. The van der Waals surface area contributed by atoms with Gasteiger partial charge in [0, 0.05) is 58.1 Å². The van der Waals surface area contributed by atoms with E-state index in [1.54, 1.807) is 11.3 Å². The van der Waals surface area contributed by atoms with Crippen molar-refractivity contribution in [2.45, 2.75) is 118 Å². The molecule has 0 fully saturated rings. The van der Waals surface area contributed by atoms with Gasteiger partial charge in [-0.15, -0.1) is 11.3 Å². The topological polar surface area (TPSA) is 142 Å². The lowest BCUT2D eigenvalue weighted by atomic mass is 9.98. The van der Waals surface area contributed by atoms with Crippen molar-refractivity contribution in [3.63, 3.8) is 0 Å². The van der Waals surface area contributed by atoms with Gasteiger partial charge in [0.1, 0.15) is 0 Å². The molecular formula is C56H64N6O4S. The van der Waals surface area contributed by atoms with Crippen LogP contribution in [-0.4, -0.2) is 57.9 Å². The van der Waals surface area contributed by atoms with Gasteiger partial charge in [0.15, 0.2) is 0 Å². The maximum absolute atomic E-state index is 13.2. The smallest absolute Gasteiger partial charge is 0.305 e. The fraction of sp³-hybridized carbons (Fsp3) is 0.375. The molecule has 348 valence electrons. The molecule has 0 unspecified atom stereocenters. The van der Waals surface area contributed by atoms with Crippen molar-refractivity contribution in [1.29, 1.82) is 0 Å². The number of H-pyrrole nitrogens is 2. The number of thiophene rings is 1. The number of allylic oxidation sites excluding steroid dienone is 4. The van der Waals surface area contributed by atoms with Gasteiger partial charge in [-0.1, -0.05) is 75.6 Å². The maximum atomic E-state index is 13.2. The van der Waals surface area contributed by atoms with E-state index in [9.17, 15) is 14.4 Å². The Morgan fingerprint density at radius 2 is 1.16 bits per heavy atom. The van der Waals surface area contributed by atoms with Crippen LogP contribution in [0.3, 0.4) is 0 Å². The summed E-state index contributed by atoms with van der Waals surface area (Å²) in [4.78, 5) is 56.1. The normalized spacial score (nSPS) is 12.7. The van der Waals surface area contributed by atoms with Crippen molar-refractivity contribution in [1.82, 2.24) is 30.6 Å². The van der Waals surface area contributed by atoms with Crippen LogP contribution in [-0.2, 0) is 14.3 Å². The summed E-state index contributed by atoms with van der Waals surface area (Å²) in [5.41, 5.74) is 14.3. The van der Waals surface area contributed by atoms with Crippen molar-refractivity contribution >= 4 is 94.3 Å². The highest BCUT2D eigenvalue weighted by molar-refractivity contribution is 7.17. The first-order chi connectivity index (χ1) is 32.6. The Labute approximate surface area is 397 Å². The number of benzene rings is 2. The number of hydrogen-bond acceptors (Lipinski definition) is 7. The number of aromatic nitrogens is 4. The number of methoxy groups -OCH3 is 1. The Kier molecular flexibility index (Phi) is 15.5. The molecule has 8 bridgehead atoms. The van der Waals surface area contributed by atoms with Gasteiger partial charge in [0.2, 0.25) is 5.91 Å². The first kappa shape index (κ1) is 47.2. The number of carbonyl (C=O) groups is 3. The summed E-state index contributed by atoms with van der Waals surface area (Å²) in [6.07, 6.45) is 13.1. The van der Waals surface area contributed by atoms with Gasteiger partial charge >= 0.3 is 5.97 Å². The highest BCUT2D eigenvalue weighted by Gasteiger charge is 2.23. The SMILES string of the molecule is COC(=O)CCC1=C(C)c2cc3[nH]c(cc3C)cc3[nH]c(cc4nc(cc1n2)C(CCC(=O)NCCCCCCCCCCCCNC(=O)c1cc2ccccc2c2ccsc12)=C4C)cc3C. The zero-order valence-corrected chi connectivity index (χ0v) is 40.6. The Bertz CT molecular complexity index is 3040. The van der Waals surface area contributed by atoms with Gasteiger partial charge in [0.25, 0.3) is 5.91 Å². The monoisotopic (exact) mass is 916 g/mol. The molecule has 2 amide bonds. The van der Waals surface area contributed by atoms with Crippen LogP contribution in [0.25, 0.3) is 65.2 Å². The van der Waals surface area contributed by atoms with E-state index in [1.807, 2.05) is 18.2 Å². The van der Waals surface area contributed by atoms with Gasteiger partial charge in [-0.05, 0) is 151 Å². The Morgan fingerprint density at radius 1 is 0.597 bits per heavy atom. The summed E-state index contributed by atoms with van der Waals surface area (Å²) in [5.74, 6) is -0.200. The highest BCUT2D eigenvalue weighted by atomic mass is 32.1. The summed E-state index contributed by atoms with van der Waals surface area (Å²) < 4.78 is 6.06. The van der Waals surface area contributed by atoms with Crippen LogP contribution in [0, 0.1) is 13.8 Å². The van der Waals surface area contributed by atoms with Crippen molar-refractivity contribution in [2.24, 2.45) is 0 Å². The minimum Gasteiger partial charge on any atom is -0.469 e. The van der Waals surface area contributed by atoms with Crippen molar-refractivity contribution < 1.29 is 19.1 Å². The number of fused-ring (bicyclic) bond motifs is 11. The molecule has 0 aliphatic carbocycles. The van der Waals surface area contributed by atoms with Crippen LogP contribution < -0.4 is 10.6 Å². The molecule has 4 aromatic heterocycles. The maximum Gasteiger partial charge on any atom is 0.305 e. The molecule has 2 aliphatic heterocycles. The molecule has 8 rings (SSSR count). The number of rotatable bonds is 20. The Morgan fingerprint density at radius 3 is 1.82 bits per heavy atom. The molecular weight excluding hydrogens is 853 g/mol. The molecule has 0 radical (unpaired) electrons. The number of hydrogen-bond donors (Lipinski definition) is 4. The number of nitrogens with zero attached hydrogens (tertiary/aromatic N) is 2. The summed E-state index contributed by atoms with van der Waals surface area (Å²) in [7, 11) is 1.42. The zero-order valence-electron chi connectivity index (χ0n) is 39.8. The molecule has 6 aromatic rings. The molecule has 6 heterocycles. The third-order valence-corrected chi connectivity index (χ3v) is 14.3. The van der Waals surface area contributed by atoms with E-state index in [1.165, 1.54) is 51.0 Å². The van der Waals surface area contributed by atoms with Gasteiger partial charge in [0.05, 0.1) is 35.4 Å². The lowest BCUT2D eigenvalue weighted by molar-refractivity contribution is -0.140. The van der Waals surface area contributed by atoms with Gasteiger partial charge in [-0.25, -0.2) is 9.97 Å². The van der Waals surface area contributed by atoms with Gasteiger partial charge in [-0.2, -0.15) is 0 Å². The lowest BCUT2D eigenvalue weighted by Gasteiger charge is -2.09. The lowest BCUT2D eigenvalue weighted by Crippen LogP contribution is -2.24. The third kappa shape index (κ3) is 11.4. The molecule has 4 N–H and O–H groups in total. The van der Waals surface area contributed by atoms with E-state index in [2.05, 4.69) is 108 Å². The predicted octanol–water partition coefficient (Wildman–Crippen LogP) is 13.3. The van der Waals surface area contributed by atoms with E-state index >= 15 is 0 Å². The fourth-order valence-corrected chi connectivity index (χ4v) is 10.4. The molecule has 10 nitrogen and oxygen atoms in total. The minimum atomic E-state index is -0.265. The fourth-order valence-electron chi connectivity index (χ4n) is 9.47. The van der Waals surface area contributed by atoms with E-state index in [0.717, 1.165) is 125 Å². The average Bonchev–Trinajstić information content (AvgIpc) is 4.14.